The van der Waals surface area contributed by atoms with Crippen LogP contribution in [-0.2, 0) is 21.0 Å². The van der Waals surface area contributed by atoms with Gasteiger partial charge in [-0.1, -0.05) is 57.2 Å². The molecule has 0 unspecified atom stereocenters. The van der Waals surface area contributed by atoms with E-state index in [1.165, 1.54) is 16.4 Å². The van der Waals surface area contributed by atoms with Crippen molar-refractivity contribution in [2.24, 2.45) is 0 Å². The van der Waals surface area contributed by atoms with Crippen molar-refractivity contribution in [3.05, 3.63) is 72.1 Å². The van der Waals surface area contributed by atoms with Gasteiger partial charge in [0.05, 0.1) is 18.0 Å². The fraction of sp³-hybridized carbons (Fsp3) is 0.360. The van der Waals surface area contributed by atoms with Crippen LogP contribution in [0.5, 0.6) is 0 Å². The van der Waals surface area contributed by atoms with Gasteiger partial charge in [-0.2, -0.15) is 4.31 Å². The smallest absolute Gasteiger partial charge is 0.244 e. The van der Waals surface area contributed by atoms with Gasteiger partial charge in [0.25, 0.3) is 0 Å². The van der Waals surface area contributed by atoms with Crippen molar-refractivity contribution >= 4 is 24.1 Å². The number of nitrogens with zero attached hydrogens (tertiary/aromatic N) is 2. The Bertz CT molecular complexity index is 1280. The molecule has 0 amide bonds. The molecule has 1 aliphatic rings. The zero-order valence-corrected chi connectivity index (χ0v) is 21.9. The number of ketones is 1. The van der Waals surface area contributed by atoms with E-state index in [2.05, 4.69) is 38.8 Å². The molecule has 34 heavy (non-hydrogen) atoms. The van der Waals surface area contributed by atoms with E-state index in [0.717, 1.165) is 5.56 Å². The number of benzene rings is 2. The standard InChI is InChI=1S/C25H30N2O5SSi/c1-25(2,3)34(4,5)31-17-21-22(28)23-20(26-24(32-23)18-12-8-6-9-13-18)16-27(21)33(29,30)19-14-10-7-11-15-19/h6-15,21H,16-17H2,1-5H3/t21-/m0/s1. The van der Waals surface area contributed by atoms with E-state index >= 15 is 0 Å². The van der Waals surface area contributed by atoms with Crippen LogP contribution in [0, 0.1) is 0 Å². The molecule has 0 spiro atoms. The molecule has 0 saturated heterocycles. The van der Waals surface area contributed by atoms with Crippen LogP contribution in [0.25, 0.3) is 11.5 Å². The number of hydrogen-bond donors (Lipinski definition) is 0. The normalized spacial score (nSPS) is 17.6. The summed E-state index contributed by atoms with van der Waals surface area (Å²) < 4.78 is 40.6. The molecule has 3 aromatic rings. The Morgan fingerprint density at radius 2 is 1.65 bits per heavy atom. The molecular weight excluding hydrogens is 468 g/mol. The van der Waals surface area contributed by atoms with Gasteiger partial charge in [-0.3, -0.25) is 4.79 Å². The molecule has 2 heterocycles. The average Bonchev–Trinajstić information content (AvgIpc) is 3.23. The minimum atomic E-state index is -3.98. The van der Waals surface area contributed by atoms with E-state index in [1.54, 1.807) is 18.2 Å². The van der Waals surface area contributed by atoms with E-state index in [0.29, 0.717) is 11.6 Å². The van der Waals surface area contributed by atoms with E-state index in [-0.39, 0.29) is 28.8 Å². The second-order valence-electron chi connectivity index (χ2n) is 9.98. The molecule has 9 heteroatoms. The summed E-state index contributed by atoms with van der Waals surface area (Å²) in [7, 11) is -6.22. The van der Waals surface area contributed by atoms with Gasteiger partial charge in [-0.05, 0) is 42.4 Å². The summed E-state index contributed by atoms with van der Waals surface area (Å²) in [6.07, 6.45) is 0. The van der Waals surface area contributed by atoms with E-state index in [1.807, 2.05) is 30.3 Å². The number of aromatic nitrogens is 1. The van der Waals surface area contributed by atoms with E-state index in [4.69, 9.17) is 8.84 Å². The number of hydrogen-bond acceptors (Lipinski definition) is 6. The quantitative estimate of drug-likeness (QED) is 0.438. The van der Waals surface area contributed by atoms with Gasteiger partial charge in [0.1, 0.15) is 11.7 Å². The first kappa shape index (κ1) is 24.5. The highest BCUT2D eigenvalue weighted by atomic mass is 32.2. The van der Waals surface area contributed by atoms with Crippen molar-refractivity contribution in [2.75, 3.05) is 6.61 Å². The van der Waals surface area contributed by atoms with Crippen LogP contribution in [-0.4, -0.2) is 44.5 Å². The van der Waals surface area contributed by atoms with Crippen molar-refractivity contribution < 1.29 is 22.1 Å². The summed E-state index contributed by atoms with van der Waals surface area (Å²) in [5, 5.41) is -0.0915. The third-order valence-corrected chi connectivity index (χ3v) is 13.0. The highest BCUT2D eigenvalue weighted by Crippen LogP contribution is 2.38. The van der Waals surface area contributed by atoms with Crippen molar-refractivity contribution in [1.29, 1.82) is 0 Å². The zero-order valence-electron chi connectivity index (χ0n) is 20.1. The molecule has 0 fully saturated rings. The molecule has 1 aliphatic heterocycles. The van der Waals surface area contributed by atoms with Crippen LogP contribution in [0.1, 0.15) is 37.0 Å². The second kappa shape index (κ2) is 8.88. The van der Waals surface area contributed by atoms with E-state index in [9.17, 15) is 13.2 Å². The Morgan fingerprint density at radius 1 is 1.06 bits per heavy atom. The molecule has 0 N–H and O–H groups in total. The fourth-order valence-corrected chi connectivity index (χ4v) is 6.10. The third-order valence-electron chi connectivity index (χ3n) is 6.66. The summed E-state index contributed by atoms with van der Waals surface area (Å²) in [5.74, 6) is -0.0432. The van der Waals surface area contributed by atoms with Crippen LogP contribution in [0.15, 0.2) is 70.0 Å². The summed E-state index contributed by atoms with van der Waals surface area (Å²) in [5.41, 5.74) is 1.03. The number of Topliss-reactive ketones (excluding diaryl/α,β-unsaturated/α-hetero) is 1. The lowest BCUT2D eigenvalue weighted by Crippen LogP contribution is -2.53. The van der Waals surface area contributed by atoms with Gasteiger partial charge in [0, 0.05) is 5.56 Å². The Morgan fingerprint density at radius 3 is 2.24 bits per heavy atom. The molecule has 4 rings (SSSR count). The zero-order chi connectivity index (χ0) is 24.7. The number of carbonyl (C=O) groups is 1. The second-order valence-corrected chi connectivity index (χ2v) is 16.7. The lowest BCUT2D eigenvalue weighted by atomic mass is 10.1. The number of sulfonamides is 1. The Hall–Kier alpha value is -2.59. The molecule has 0 saturated carbocycles. The Balaban J connectivity index is 1.75. The SMILES string of the molecule is CC(C)(C)[Si](C)(C)OC[C@H]1C(=O)c2oc(-c3ccccc3)nc2CN1S(=O)(=O)c1ccccc1. The molecular formula is C25H30N2O5SSi. The summed E-state index contributed by atoms with van der Waals surface area (Å²) >= 11 is 0. The Kier molecular flexibility index (Phi) is 6.41. The molecule has 1 atom stereocenters. The third kappa shape index (κ3) is 4.53. The van der Waals surface area contributed by atoms with Crippen LogP contribution in [0.3, 0.4) is 0 Å². The number of rotatable bonds is 6. The highest BCUT2D eigenvalue weighted by Gasteiger charge is 2.46. The predicted octanol–water partition coefficient (Wildman–Crippen LogP) is 5.12. The summed E-state index contributed by atoms with van der Waals surface area (Å²) in [6, 6.07) is 16.3. The van der Waals surface area contributed by atoms with Crippen LogP contribution >= 0.6 is 0 Å². The van der Waals surface area contributed by atoms with Gasteiger partial charge < -0.3 is 8.84 Å². The molecule has 0 aliphatic carbocycles. The van der Waals surface area contributed by atoms with Gasteiger partial charge >= 0.3 is 0 Å². The fourth-order valence-electron chi connectivity index (χ4n) is 3.54. The van der Waals surface area contributed by atoms with Gasteiger partial charge in [0.15, 0.2) is 14.1 Å². The lowest BCUT2D eigenvalue weighted by Gasteiger charge is -2.39. The molecule has 0 radical (unpaired) electrons. The number of fused-ring (bicyclic) bond motifs is 1. The molecule has 7 nitrogen and oxygen atoms in total. The molecule has 2 aromatic carbocycles. The van der Waals surface area contributed by atoms with Gasteiger partial charge in [-0.25, -0.2) is 13.4 Å². The van der Waals surface area contributed by atoms with Crippen LogP contribution in [0.4, 0.5) is 0 Å². The maximum absolute atomic E-state index is 13.6. The first-order chi connectivity index (χ1) is 15.9. The van der Waals surface area contributed by atoms with Crippen molar-refractivity contribution in [3.63, 3.8) is 0 Å². The average molecular weight is 499 g/mol. The van der Waals surface area contributed by atoms with Gasteiger partial charge in [0.2, 0.25) is 21.7 Å². The van der Waals surface area contributed by atoms with E-state index < -0.39 is 30.2 Å². The van der Waals surface area contributed by atoms with Crippen molar-refractivity contribution in [2.45, 2.75) is 56.4 Å². The maximum atomic E-state index is 13.6. The topological polar surface area (TPSA) is 89.7 Å². The summed E-state index contributed by atoms with van der Waals surface area (Å²) in [6.45, 7) is 10.3. The first-order valence-corrected chi connectivity index (χ1v) is 15.6. The lowest BCUT2D eigenvalue weighted by molar-refractivity contribution is 0.0764. The monoisotopic (exact) mass is 498 g/mol. The minimum absolute atomic E-state index is 0.0395. The molecule has 0 bridgehead atoms. The largest absolute Gasteiger partial charge is 0.433 e. The molecule has 180 valence electrons. The highest BCUT2D eigenvalue weighted by molar-refractivity contribution is 7.89. The first-order valence-electron chi connectivity index (χ1n) is 11.2. The molecule has 1 aromatic heterocycles. The summed E-state index contributed by atoms with van der Waals surface area (Å²) in [4.78, 5) is 18.2. The van der Waals surface area contributed by atoms with Crippen molar-refractivity contribution in [1.82, 2.24) is 9.29 Å². The number of oxazole rings is 1. The minimum Gasteiger partial charge on any atom is -0.433 e. The Labute approximate surface area is 202 Å². The van der Waals surface area contributed by atoms with Crippen LogP contribution < -0.4 is 0 Å². The van der Waals surface area contributed by atoms with Gasteiger partial charge in [-0.15, -0.1) is 0 Å². The maximum Gasteiger partial charge on any atom is 0.244 e. The number of carbonyl (C=O) groups excluding carboxylic acids is 1. The predicted molar refractivity (Wildman–Crippen MR) is 132 cm³/mol. The van der Waals surface area contributed by atoms with Crippen LogP contribution in [0.2, 0.25) is 18.1 Å². The van der Waals surface area contributed by atoms with Crippen molar-refractivity contribution in [3.8, 4) is 11.5 Å².